The van der Waals surface area contributed by atoms with Crippen LogP contribution in [-0.4, -0.2) is 19.7 Å². The van der Waals surface area contributed by atoms with E-state index in [1.54, 1.807) is 16.9 Å². The van der Waals surface area contributed by atoms with Gasteiger partial charge in [-0.3, -0.25) is 0 Å². The summed E-state index contributed by atoms with van der Waals surface area (Å²) in [6, 6.07) is 5.53. The summed E-state index contributed by atoms with van der Waals surface area (Å²) < 4.78 is 1.68. The minimum atomic E-state index is 0.123. The van der Waals surface area contributed by atoms with Crippen molar-refractivity contribution in [2.24, 2.45) is 0 Å². The smallest absolute Gasteiger partial charge is 0.224 e. The molecule has 0 bridgehead atoms. The van der Waals surface area contributed by atoms with Crippen LogP contribution in [0, 0.1) is 6.92 Å². The molecule has 0 fully saturated rings. The third-order valence-electron chi connectivity index (χ3n) is 2.86. The summed E-state index contributed by atoms with van der Waals surface area (Å²) in [5, 5.41) is 5.64. The molecule has 0 radical (unpaired) electrons. The molecular weight excluding hydrogens is 264 g/mol. The van der Waals surface area contributed by atoms with E-state index in [4.69, 9.17) is 23.1 Å². The number of nitrogens with zero attached hydrogens (tertiary/aromatic N) is 4. The summed E-state index contributed by atoms with van der Waals surface area (Å²) in [6.45, 7) is 1.95. The van der Waals surface area contributed by atoms with E-state index in [0.29, 0.717) is 21.9 Å². The Kier molecular flexibility index (Phi) is 2.53. The lowest BCUT2D eigenvalue weighted by atomic mass is 10.2. The average Bonchev–Trinajstić information content (AvgIpc) is 2.73. The fourth-order valence-corrected chi connectivity index (χ4v) is 2.21. The van der Waals surface area contributed by atoms with Crippen molar-refractivity contribution in [3.05, 3.63) is 35.0 Å². The highest BCUT2D eigenvalue weighted by Crippen LogP contribution is 2.24. The second kappa shape index (κ2) is 4.10. The Morgan fingerprint density at radius 3 is 2.74 bits per heavy atom. The van der Waals surface area contributed by atoms with Gasteiger partial charge in [0.15, 0.2) is 5.65 Å². The molecule has 0 unspecified atom stereocenters. The second-order valence-electron chi connectivity index (χ2n) is 4.19. The Bertz CT molecular complexity index is 779. The molecule has 2 heterocycles. The number of rotatable bonds is 1. The maximum Gasteiger partial charge on any atom is 0.224 e. The fraction of sp³-hybridized carbons (Fsp3) is 0.0833. The Labute approximate surface area is 114 Å². The van der Waals surface area contributed by atoms with E-state index < -0.39 is 0 Å². The van der Waals surface area contributed by atoms with Crippen LogP contribution in [0.5, 0.6) is 0 Å². The standard InChI is InChI=1S/C12H11ClN6/c1-6-4-7(13)2-3-9(6)19-11-8(5-16-19)10(14)17-12(15)18-11/h2-5H,1H3,(H4,14,15,17,18). The van der Waals surface area contributed by atoms with Gasteiger partial charge in [0.05, 0.1) is 17.3 Å². The minimum absolute atomic E-state index is 0.123. The molecule has 0 spiro atoms. The van der Waals surface area contributed by atoms with Crippen LogP contribution < -0.4 is 11.5 Å². The predicted molar refractivity (Wildman–Crippen MR) is 75.2 cm³/mol. The first-order valence-electron chi connectivity index (χ1n) is 5.59. The zero-order chi connectivity index (χ0) is 13.6. The van der Waals surface area contributed by atoms with Crippen LogP contribution in [0.2, 0.25) is 5.02 Å². The summed E-state index contributed by atoms with van der Waals surface area (Å²) in [5.41, 5.74) is 13.9. The van der Waals surface area contributed by atoms with E-state index in [2.05, 4.69) is 15.1 Å². The van der Waals surface area contributed by atoms with E-state index in [1.165, 1.54) is 0 Å². The predicted octanol–water partition coefficient (Wildman–Crippen LogP) is 1.94. The van der Waals surface area contributed by atoms with Crippen LogP contribution >= 0.6 is 11.6 Å². The largest absolute Gasteiger partial charge is 0.383 e. The first-order valence-corrected chi connectivity index (χ1v) is 5.97. The van der Waals surface area contributed by atoms with E-state index in [1.807, 2.05) is 19.1 Å². The molecule has 0 saturated heterocycles. The summed E-state index contributed by atoms with van der Waals surface area (Å²) in [5.74, 6) is 0.443. The number of nitrogens with two attached hydrogens (primary N) is 2. The zero-order valence-electron chi connectivity index (χ0n) is 10.1. The van der Waals surface area contributed by atoms with Crippen LogP contribution in [0.3, 0.4) is 0 Å². The topological polar surface area (TPSA) is 95.6 Å². The summed E-state index contributed by atoms with van der Waals surface area (Å²) >= 11 is 5.95. The second-order valence-corrected chi connectivity index (χ2v) is 4.63. The molecule has 3 rings (SSSR count). The summed E-state index contributed by atoms with van der Waals surface area (Å²) in [7, 11) is 0. The van der Waals surface area contributed by atoms with Crippen molar-refractivity contribution >= 4 is 34.4 Å². The zero-order valence-corrected chi connectivity index (χ0v) is 10.9. The molecule has 0 amide bonds. The summed E-state index contributed by atoms with van der Waals surface area (Å²) in [6.07, 6.45) is 1.62. The number of aryl methyl sites for hydroxylation is 1. The Balaban J connectivity index is 2.31. The molecule has 19 heavy (non-hydrogen) atoms. The number of nitrogen functional groups attached to an aromatic ring is 2. The van der Waals surface area contributed by atoms with Gasteiger partial charge in [0.25, 0.3) is 0 Å². The maximum atomic E-state index is 5.95. The van der Waals surface area contributed by atoms with Crippen molar-refractivity contribution in [3.63, 3.8) is 0 Å². The highest BCUT2D eigenvalue weighted by Gasteiger charge is 2.12. The normalized spacial score (nSPS) is 11.1. The lowest BCUT2D eigenvalue weighted by molar-refractivity contribution is 0.888. The molecule has 4 N–H and O–H groups in total. The van der Waals surface area contributed by atoms with E-state index in [0.717, 1.165) is 11.3 Å². The van der Waals surface area contributed by atoms with Gasteiger partial charge >= 0.3 is 0 Å². The number of hydrogen-bond donors (Lipinski definition) is 2. The Morgan fingerprint density at radius 1 is 1.21 bits per heavy atom. The number of benzene rings is 1. The molecule has 3 aromatic rings. The summed E-state index contributed by atoms with van der Waals surface area (Å²) in [4.78, 5) is 8.11. The van der Waals surface area contributed by atoms with Crippen LogP contribution in [0.4, 0.5) is 11.8 Å². The molecule has 0 aliphatic heterocycles. The first-order chi connectivity index (χ1) is 9.06. The highest BCUT2D eigenvalue weighted by molar-refractivity contribution is 6.30. The third-order valence-corrected chi connectivity index (χ3v) is 3.10. The van der Waals surface area contributed by atoms with Crippen molar-refractivity contribution in [2.75, 3.05) is 11.5 Å². The molecule has 0 atom stereocenters. The molecule has 0 saturated carbocycles. The van der Waals surface area contributed by atoms with Crippen molar-refractivity contribution in [1.29, 1.82) is 0 Å². The van der Waals surface area contributed by atoms with Gasteiger partial charge in [-0.2, -0.15) is 15.1 Å². The number of anilines is 2. The Hall–Kier alpha value is -2.34. The van der Waals surface area contributed by atoms with Crippen molar-refractivity contribution in [2.45, 2.75) is 6.92 Å². The van der Waals surface area contributed by atoms with Gasteiger partial charge in [0.1, 0.15) is 5.82 Å². The highest BCUT2D eigenvalue weighted by atomic mass is 35.5. The van der Waals surface area contributed by atoms with Gasteiger partial charge in [-0.25, -0.2) is 4.68 Å². The van der Waals surface area contributed by atoms with Gasteiger partial charge in [-0.1, -0.05) is 11.6 Å². The van der Waals surface area contributed by atoms with Crippen LogP contribution in [-0.2, 0) is 0 Å². The molecule has 2 aromatic heterocycles. The number of aromatic nitrogens is 4. The molecule has 1 aromatic carbocycles. The van der Waals surface area contributed by atoms with Gasteiger partial charge < -0.3 is 11.5 Å². The quantitative estimate of drug-likeness (QED) is 0.707. The van der Waals surface area contributed by atoms with Crippen molar-refractivity contribution < 1.29 is 0 Å². The van der Waals surface area contributed by atoms with Gasteiger partial charge in [-0.05, 0) is 30.7 Å². The molecule has 96 valence electrons. The minimum Gasteiger partial charge on any atom is -0.383 e. The fourth-order valence-electron chi connectivity index (χ4n) is 1.98. The van der Waals surface area contributed by atoms with Crippen LogP contribution in [0.25, 0.3) is 16.7 Å². The van der Waals surface area contributed by atoms with Gasteiger partial charge in [0.2, 0.25) is 5.95 Å². The Morgan fingerprint density at radius 2 is 2.00 bits per heavy atom. The first kappa shape index (κ1) is 11.7. The van der Waals surface area contributed by atoms with E-state index in [-0.39, 0.29) is 5.95 Å². The lowest BCUT2D eigenvalue weighted by Crippen LogP contribution is -2.04. The van der Waals surface area contributed by atoms with Gasteiger partial charge in [0, 0.05) is 5.02 Å². The molecular formula is C12H11ClN6. The van der Waals surface area contributed by atoms with Gasteiger partial charge in [-0.15, -0.1) is 0 Å². The average molecular weight is 275 g/mol. The number of halogens is 1. The van der Waals surface area contributed by atoms with Crippen molar-refractivity contribution in [1.82, 2.24) is 19.7 Å². The molecule has 7 heteroatoms. The van der Waals surface area contributed by atoms with Crippen LogP contribution in [0.15, 0.2) is 24.4 Å². The molecule has 0 aliphatic rings. The SMILES string of the molecule is Cc1cc(Cl)ccc1-n1ncc2c(N)nc(N)nc21. The monoisotopic (exact) mass is 274 g/mol. The van der Waals surface area contributed by atoms with Crippen molar-refractivity contribution in [3.8, 4) is 5.69 Å². The lowest BCUT2D eigenvalue weighted by Gasteiger charge is -2.07. The molecule has 0 aliphatic carbocycles. The maximum absolute atomic E-state index is 5.95. The third kappa shape index (κ3) is 1.86. The van der Waals surface area contributed by atoms with E-state index in [9.17, 15) is 0 Å². The molecule has 6 nitrogen and oxygen atoms in total. The van der Waals surface area contributed by atoms with Crippen LogP contribution in [0.1, 0.15) is 5.56 Å². The number of fused-ring (bicyclic) bond motifs is 1. The van der Waals surface area contributed by atoms with E-state index >= 15 is 0 Å². The number of hydrogen-bond acceptors (Lipinski definition) is 5.